The SMILES string of the molecule is Cc1nn(C)c(=O)c(C(=O)Nc2ccc(C(=O)NC3CCOCC3)cc2)c1C. The van der Waals surface area contributed by atoms with Crippen molar-refractivity contribution in [2.75, 3.05) is 18.5 Å². The first-order chi connectivity index (χ1) is 13.4. The lowest BCUT2D eigenvalue weighted by Gasteiger charge is -2.23. The Labute approximate surface area is 162 Å². The monoisotopic (exact) mass is 384 g/mol. The van der Waals surface area contributed by atoms with Crippen LogP contribution in [0.5, 0.6) is 0 Å². The van der Waals surface area contributed by atoms with Gasteiger partial charge in [0.15, 0.2) is 0 Å². The summed E-state index contributed by atoms with van der Waals surface area (Å²) in [4.78, 5) is 37.2. The fourth-order valence-corrected chi connectivity index (χ4v) is 3.13. The topological polar surface area (TPSA) is 102 Å². The van der Waals surface area contributed by atoms with E-state index in [2.05, 4.69) is 15.7 Å². The molecule has 0 spiro atoms. The van der Waals surface area contributed by atoms with Crippen LogP contribution in [0.4, 0.5) is 5.69 Å². The Morgan fingerprint density at radius 3 is 2.39 bits per heavy atom. The van der Waals surface area contributed by atoms with Gasteiger partial charge in [0, 0.05) is 37.6 Å². The third-order valence-electron chi connectivity index (χ3n) is 4.91. The molecule has 0 radical (unpaired) electrons. The molecule has 3 rings (SSSR count). The molecule has 1 aromatic heterocycles. The van der Waals surface area contributed by atoms with Crippen LogP contribution in [0.2, 0.25) is 0 Å². The molecule has 1 saturated heterocycles. The van der Waals surface area contributed by atoms with E-state index in [0.717, 1.165) is 17.5 Å². The fraction of sp³-hybridized carbons (Fsp3) is 0.400. The number of nitrogens with zero attached hydrogens (tertiary/aromatic N) is 2. The number of hydrogen-bond donors (Lipinski definition) is 2. The Balaban J connectivity index is 1.70. The lowest BCUT2D eigenvalue weighted by molar-refractivity contribution is 0.0696. The van der Waals surface area contributed by atoms with Crippen molar-refractivity contribution in [2.24, 2.45) is 7.05 Å². The number of anilines is 1. The number of ether oxygens (including phenoxy) is 1. The van der Waals surface area contributed by atoms with E-state index in [1.54, 1.807) is 38.1 Å². The van der Waals surface area contributed by atoms with Gasteiger partial charge in [0.2, 0.25) is 0 Å². The minimum Gasteiger partial charge on any atom is -0.381 e. The third-order valence-corrected chi connectivity index (χ3v) is 4.91. The predicted molar refractivity (Wildman–Crippen MR) is 105 cm³/mol. The van der Waals surface area contributed by atoms with Gasteiger partial charge in [-0.1, -0.05) is 0 Å². The highest BCUT2D eigenvalue weighted by Gasteiger charge is 2.19. The van der Waals surface area contributed by atoms with E-state index >= 15 is 0 Å². The number of aryl methyl sites for hydroxylation is 2. The molecule has 0 unspecified atom stereocenters. The van der Waals surface area contributed by atoms with Crippen LogP contribution >= 0.6 is 0 Å². The second-order valence-electron chi connectivity index (χ2n) is 6.91. The van der Waals surface area contributed by atoms with E-state index in [-0.39, 0.29) is 17.5 Å². The summed E-state index contributed by atoms with van der Waals surface area (Å²) in [5.74, 6) is -0.651. The van der Waals surface area contributed by atoms with Crippen LogP contribution in [-0.4, -0.2) is 40.9 Å². The maximum absolute atomic E-state index is 12.6. The van der Waals surface area contributed by atoms with Gasteiger partial charge < -0.3 is 15.4 Å². The zero-order chi connectivity index (χ0) is 20.3. The summed E-state index contributed by atoms with van der Waals surface area (Å²) < 4.78 is 6.44. The molecule has 2 N–H and O–H groups in total. The van der Waals surface area contributed by atoms with E-state index in [1.807, 2.05) is 0 Å². The average Bonchev–Trinajstić information content (AvgIpc) is 2.68. The second kappa shape index (κ2) is 8.35. The predicted octanol–water partition coefficient (Wildman–Crippen LogP) is 1.56. The molecule has 8 heteroatoms. The molecule has 0 bridgehead atoms. The number of hydrogen-bond acceptors (Lipinski definition) is 5. The molecule has 1 aliphatic rings. The lowest BCUT2D eigenvalue weighted by atomic mass is 10.1. The first-order valence-corrected chi connectivity index (χ1v) is 9.21. The van der Waals surface area contributed by atoms with Gasteiger partial charge in [-0.25, -0.2) is 4.68 Å². The molecule has 0 saturated carbocycles. The second-order valence-corrected chi connectivity index (χ2v) is 6.91. The Hall–Kier alpha value is -3.00. The average molecular weight is 384 g/mol. The van der Waals surface area contributed by atoms with Crippen molar-refractivity contribution in [3.63, 3.8) is 0 Å². The molecule has 8 nitrogen and oxygen atoms in total. The van der Waals surface area contributed by atoms with Gasteiger partial charge in [-0.15, -0.1) is 0 Å². The van der Waals surface area contributed by atoms with Crippen LogP contribution in [0.3, 0.4) is 0 Å². The lowest BCUT2D eigenvalue weighted by Crippen LogP contribution is -2.38. The van der Waals surface area contributed by atoms with Crippen LogP contribution in [0, 0.1) is 13.8 Å². The normalized spacial score (nSPS) is 14.5. The molecule has 2 amide bonds. The Kier molecular flexibility index (Phi) is 5.89. The van der Waals surface area contributed by atoms with Crippen molar-refractivity contribution < 1.29 is 14.3 Å². The van der Waals surface area contributed by atoms with Crippen molar-refractivity contribution in [3.05, 3.63) is 57.0 Å². The zero-order valence-corrected chi connectivity index (χ0v) is 16.2. The van der Waals surface area contributed by atoms with Crippen LogP contribution < -0.4 is 16.2 Å². The zero-order valence-electron chi connectivity index (χ0n) is 16.2. The third kappa shape index (κ3) is 4.28. The van der Waals surface area contributed by atoms with Gasteiger partial charge in [0.05, 0.1) is 5.69 Å². The van der Waals surface area contributed by atoms with Gasteiger partial charge in [0.25, 0.3) is 17.4 Å². The minimum absolute atomic E-state index is 0.0661. The highest BCUT2D eigenvalue weighted by Crippen LogP contribution is 2.14. The van der Waals surface area contributed by atoms with Crippen molar-refractivity contribution in [1.29, 1.82) is 0 Å². The van der Waals surface area contributed by atoms with Crippen molar-refractivity contribution in [3.8, 4) is 0 Å². The summed E-state index contributed by atoms with van der Waals surface area (Å²) in [5, 5.41) is 9.78. The molecular weight excluding hydrogens is 360 g/mol. The molecule has 1 aliphatic heterocycles. The molecule has 1 aromatic carbocycles. The van der Waals surface area contributed by atoms with E-state index in [1.165, 1.54) is 7.05 Å². The van der Waals surface area contributed by atoms with Gasteiger partial charge in [0.1, 0.15) is 5.56 Å². The molecule has 1 fully saturated rings. The van der Waals surface area contributed by atoms with Gasteiger partial charge >= 0.3 is 0 Å². The smallest absolute Gasteiger partial charge is 0.279 e. The summed E-state index contributed by atoms with van der Waals surface area (Å²) in [6.07, 6.45) is 1.61. The van der Waals surface area contributed by atoms with Crippen LogP contribution in [0.25, 0.3) is 0 Å². The number of rotatable bonds is 4. The number of nitrogens with one attached hydrogen (secondary N) is 2. The summed E-state index contributed by atoms with van der Waals surface area (Å²) in [6, 6.07) is 6.70. The molecule has 148 valence electrons. The number of carbonyl (C=O) groups excluding carboxylic acids is 2. The molecule has 28 heavy (non-hydrogen) atoms. The highest BCUT2D eigenvalue weighted by atomic mass is 16.5. The minimum atomic E-state index is -0.497. The maximum Gasteiger partial charge on any atom is 0.279 e. The van der Waals surface area contributed by atoms with E-state index in [4.69, 9.17) is 4.74 Å². The first-order valence-electron chi connectivity index (χ1n) is 9.21. The van der Waals surface area contributed by atoms with Crippen molar-refractivity contribution in [1.82, 2.24) is 15.1 Å². The summed E-state index contributed by atoms with van der Waals surface area (Å²) in [6.45, 7) is 4.76. The van der Waals surface area contributed by atoms with Crippen LogP contribution in [0.1, 0.15) is 44.8 Å². The molecular formula is C20H24N4O4. The van der Waals surface area contributed by atoms with E-state index < -0.39 is 11.5 Å². The summed E-state index contributed by atoms with van der Waals surface area (Å²) in [5.41, 5.74) is 1.80. The van der Waals surface area contributed by atoms with Gasteiger partial charge in [-0.3, -0.25) is 14.4 Å². The Bertz CT molecular complexity index is 944. The number of benzene rings is 1. The molecule has 2 aromatic rings. The van der Waals surface area contributed by atoms with Gasteiger partial charge in [-0.05, 0) is 56.5 Å². The summed E-state index contributed by atoms with van der Waals surface area (Å²) >= 11 is 0. The molecule has 2 heterocycles. The Morgan fingerprint density at radius 2 is 1.75 bits per heavy atom. The van der Waals surface area contributed by atoms with E-state index in [9.17, 15) is 14.4 Å². The van der Waals surface area contributed by atoms with Crippen molar-refractivity contribution >= 4 is 17.5 Å². The number of carbonyl (C=O) groups is 2. The highest BCUT2D eigenvalue weighted by molar-refractivity contribution is 6.05. The molecule has 0 aliphatic carbocycles. The van der Waals surface area contributed by atoms with Gasteiger partial charge in [-0.2, -0.15) is 5.10 Å². The van der Waals surface area contributed by atoms with Crippen LogP contribution in [-0.2, 0) is 11.8 Å². The Morgan fingerprint density at radius 1 is 1.11 bits per heavy atom. The number of aromatic nitrogens is 2. The van der Waals surface area contributed by atoms with Crippen LogP contribution in [0.15, 0.2) is 29.1 Å². The molecule has 0 atom stereocenters. The number of amides is 2. The summed E-state index contributed by atoms with van der Waals surface area (Å²) in [7, 11) is 1.51. The largest absolute Gasteiger partial charge is 0.381 e. The quantitative estimate of drug-likeness (QED) is 0.833. The van der Waals surface area contributed by atoms with Crippen molar-refractivity contribution in [2.45, 2.75) is 32.7 Å². The standard InChI is InChI=1S/C20H24N4O4/c1-12-13(2)23-24(3)20(27)17(12)19(26)22-15-6-4-14(5-7-15)18(25)21-16-8-10-28-11-9-16/h4-7,16H,8-11H2,1-3H3,(H,21,25)(H,22,26). The maximum atomic E-state index is 12.6. The first kappa shape index (κ1) is 19.8. The fourth-order valence-electron chi connectivity index (χ4n) is 3.13. The van der Waals surface area contributed by atoms with E-state index in [0.29, 0.717) is 35.7 Å².